The molecule has 1 aromatic carbocycles. The average molecular weight is 470 g/mol. The van der Waals surface area contributed by atoms with Crippen LogP contribution in [-0.4, -0.2) is 80.1 Å². The molecule has 0 N–H and O–H groups in total. The van der Waals surface area contributed by atoms with Gasteiger partial charge in [0, 0.05) is 25.8 Å². The van der Waals surface area contributed by atoms with Crippen molar-refractivity contribution in [3.05, 3.63) is 24.0 Å². The van der Waals surface area contributed by atoms with E-state index in [0.29, 0.717) is 50.0 Å². The van der Waals surface area contributed by atoms with Gasteiger partial charge in [0.15, 0.2) is 0 Å². The van der Waals surface area contributed by atoms with Gasteiger partial charge in [-0.05, 0) is 37.1 Å². The number of rotatable bonds is 9. The smallest absolute Gasteiger partial charge is 0.414 e. The quantitative estimate of drug-likeness (QED) is 0.403. The number of carbonyl (C=O) groups excluding carboxylic acids is 3. The Morgan fingerprint density at radius 2 is 2.06 bits per heavy atom. The summed E-state index contributed by atoms with van der Waals surface area (Å²) in [7, 11) is 0. The number of benzene rings is 1. The Bertz CT molecular complexity index is 836. The summed E-state index contributed by atoms with van der Waals surface area (Å²) in [6.45, 7) is 6.12. The fraction of sp³-hybridized carbons (Fsp3) is 0.571. The Morgan fingerprint density at radius 1 is 1.31 bits per heavy atom. The van der Waals surface area contributed by atoms with E-state index >= 15 is 0 Å². The molecule has 2 saturated heterocycles. The Kier molecular flexibility index (Phi) is 8.57. The second-order valence-corrected chi connectivity index (χ2v) is 8.43. The van der Waals surface area contributed by atoms with Crippen molar-refractivity contribution >= 4 is 41.3 Å². The van der Waals surface area contributed by atoms with Gasteiger partial charge in [-0.2, -0.15) is 0 Å². The van der Waals surface area contributed by atoms with Gasteiger partial charge in [-0.3, -0.25) is 18.8 Å². The van der Waals surface area contributed by atoms with Gasteiger partial charge in [0.05, 0.1) is 50.7 Å². The number of cyclic esters (lactones) is 1. The minimum Gasteiger partial charge on any atom is -0.466 e. The molecule has 0 saturated carbocycles. The summed E-state index contributed by atoms with van der Waals surface area (Å²) in [5.41, 5.74) is 0.873. The predicted octanol–water partition coefficient (Wildman–Crippen LogP) is 2.44. The molecule has 32 heavy (non-hydrogen) atoms. The molecule has 0 spiro atoms. The number of morpholine rings is 1. The molecule has 0 radical (unpaired) electrons. The summed E-state index contributed by atoms with van der Waals surface area (Å²) < 4.78 is 31.8. The maximum atomic E-state index is 14.7. The van der Waals surface area contributed by atoms with Gasteiger partial charge in [0.2, 0.25) is 5.91 Å². The Balaban J connectivity index is 1.58. The maximum absolute atomic E-state index is 14.7. The lowest BCUT2D eigenvalue weighted by Gasteiger charge is -2.29. The first-order valence-corrected chi connectivity index (χ1v) is 11.5. The molecule has 0 bridgehead atoms. The first-order chi connectivity index (χ1) is 15.4. The van der Waals surface area contributed by atoms with Crippen molar-refractivity contribution < 1.29 is 33.0 Å². The van der Waals surface area contributed by atoms with E-state index in [9.17, 15) is 18.8 Å². The van der Waals surface area contributed by atoms with E-state index in [1.54, 1.807) is 19.1 Å². The third-order valence-electron chi connectivity index (χ3n) is 5.05. The van der Waals surface area contributed by atoms with Crippen molar-refractivity contribution in [3.63, 3.8) is 0 Å². The van der Waals surface area contributed by atoms with E-state index in [2.05, 4.69) is 0 Å². The average Bonchev–Trinajstić information content (AvgIpc) is 3.13. The summed E-state index contributed by atoms with van der Waals surface area (Å²) in [6.07, 6.45) is -0.981. The van der Waals surface area contributed by atoms with Crippen molar-refractivity contribution in [2.24, 2.45) is 0 Å². The standard InChI is InChI=1S/C21H28FN3O6S/c1-3-30-20(27)6-11-32-25(15(2)26)14-17-13-24(21(28)31-17)16-4-5-19(18(22)12-16)23-7-9-29-10-8-23/h4-5,12,17H,3,6-11,13-14H2,1-2H3. The maximum Gasteiger partial charge on any atom is 0.414 e. The number of esters is 1. The summed E-state index contributed by atoms with van der Waals surface area (Å²) in [5, 5.41) is 0. The molecule has 9 nitrogen and oxygen atoms in total. The van der Waals surface area contributed by atoms with Crippen LogP contribution in [0.15, 0.2) is 18.2 Å². The van der Waals surface area contributed by atoms with Crippen LogP contribution in [0.3, 0.4) is 0 Å². The minimum atomic E-state index is -0.589. The van der Waals surface area contributed by atoms with Gasteiger partial charge in [-0.15, -0.1) is 0 Å². The van der Waals surface area contributed by atoms with Gasteiger partial charge in [0.25, 0.3) is 0 Å². The first kappa shape index (κ1) is 24.1. The number of carbonyl (C=O) groups is 3. The van der Waals surface area contributed by atoms with Crippen molar-refractivity contribution in [1.82, 2.24) is 4.31 Å². The molecule has 2 aliphatic heterocycles. The second-order valence-electron chi connectivity index (χ2n) is 7.32. The molecule has 0 aromatic heterocycles. The number of hydrogen-bond acceptors (Lipinski definition) is 8. The van der Waals surface area contributed by atoms with E-state index in [4.69, 9.17) is 14.2 Å². The highest BCUT2D eigenvalue weighted by Crippen LogP contribution is 2.29. The zero-order valence-electron chi connectivity index (χ0n) is 18.3. The molecule has 3 rings (SSSR count). The highest BCUT2D eigenvalue weighted by atomic mass is 32.2. The van der Waals surface area contributed by atoms with Crippen LogP contribution in [0.1, 0.15) is 20.3 Å². The second kappa shape index (κ2) is 11.4. The lowest BCUT2D eigenvalue weighted by Crippen LogP contribution is -2.36. The zero-order valence-corrected chi connectivity index (χ0v) is 19.1. The van der Waals surface area contributed by atoms with E-state index in [-0.39, 0.29) is 31.4 Å². The van der Waals surface area contributed by atoms with Gasteiger partial charge >= 0.3 is 12.1 Å². The zero-order chi connectivity index (χ0) is 23.1. The van der Waals surface area contributed by atoms with Crippen LogP contribution in [0, 0.1) is 5.82 Å². The van der Waals surface area contributed by atoms with E-state index in [1.165, 1.54) is 34.1 Å². The van der Waals surface area contributed by atoms with Gasteiger partial charge in [0.1, 0.15) is 11.9 Å². The molecule has 176 valence electrons. The van der Waals surface area contributed by atoms with E-state index in [1.807, 2.05) is 4.90 Å². The molecule has 11 heteroatoms. The van der Waals surface area contributed by atoms with E-state index < -0.39 is 18.0 Å². The third kappa shape index (κ3) is 6.26. The lowest BCUT2D eigenvalue weighted by atomic mass is 10.2. The number of hydrogen-bond donors (Lipinski definition) is 0. The number of halogens is 1. The first-order valence-electron chi connectivity index (χ1n) is 10.6. The monoisotopic (exact) mass is 469 g/mol. The Labute approximate surface area is 190 Å². The number of amides is 2. The lowest BCUT2D eigenvalue weighted by molar-refractivity contribution is -0.142. The summed E-state index contributed by atoms with van der Waals surface area (Å²) in [6, 6.07) is 4.67. The molecular weight excluding hydrogens is 441 g/mol. The van der Waals surface area contributed by atoms with Crippen LogP contribution in [0.4, 0.5) is 20.6 Å². The van der Waals surface area contributed by atoms with Crippen LogP contribution >= 0.6 is 11.9 Å². The van der Waals surface area contributed by atoms with Crippen molar-refractivity contribution in [2.75, 3.05) is 61.6 Å². The fourth-order valence-electron chi connectivity index (χ4n) is 3.48. The molecule has 0 aliphatic carbocycles. The number of ether oxygens (including phenoxy) is 3. The summed E-state index contributed by atoms with van der Waals surface area (Å²) in [5.74, 6) is -0.587. The highest BCUT2D eigenvalue weighted by molar-refractivity contribution is 7.97. The minimum absolute atomic E-state index is 0.166. The van der Waals surface area contributed by atoms with Crippen molar-refractivity contribution in [3.8, 4) is 0 Å². The Morgan fingerprint density at radius 3 is 2.72 bits per heavy atom. The topological polar surface area (TPSA) is 88.6 Å². The van der Waals surface area contributed by atoms with Crippen LogP contribution in [-0.2, 0) is 23.8 Å². The van der Waals surface area contributed by atoms with E-state index in [0.717, 1.165) is 0 Å². The normalized spacial score (nSPS) is 18.5. The van der Waals surface area contributed by atoms with Crippen molar-refractivity contribution in [1.29, 1.82) is 0 Å². The summed E-state index contributed by atoms with van der Waals surface area (Å²) in [4.78, 5) is 39.1. The molecule has 2 heterocycles. The van der Waals surface area contributed by atoms with Crippen molar-refractivity contribution in [2.45, 2.75) is 26.4 Å². The highest BCUT2D eigenvalue weighted by Gasteiger charge is 2.34. The predicted molar refractivity (Wildman–Crippen MR) is 118 cm³/mol. The molecule has 1 aromatic rings. The fourth-order valence-corrected chi connectivity index (χ4v) is 4.41. The van der Waals surface area contributed by atoms with Crippen LogP contribution < -0.4 is 9.80 Å². The molecule has 2 fully saturated rings. The van der Waals surface area contributed by atoms with Gasteiger partial charge in [-0.25, -0.2) is 9.18 Å². The number of anilines is 2. The molecule has 2 amide bonds. The van der Waals surface area contributed by atoms with Crippen LogP contribution in [0.2, 0.25) is 0 Å². The number of nitrogens with zero attached hydrogens (tertiary/aromatic N) is 3. The molecular formula is C21H28FN3O6S. The van der Waals surface area contributed by atoms with Crippen LogP contribution in [0.5, 0.6) is 0 Å². The Hall–Kier alpha value is -2.53. The third-order valence-corrected chi connectivity index (χ3v) is 6.15. The van der Waals surface area contributed by atoms with Crippen LogP contribution in [0.25, 0.3) is 0 Å². The van der Waals surface area contributed by atoms with Gasteiger partial charge in [-0.1, -0.05) is 0 Å². The SMILES string of the molecule is CCOC(=O)CCSN(CC1CN(c2ccc(N3CCOCC3)c(F)c2)C(=O)O1)C(C)=O. The molecule has 2 aliphatic rings. The molecule has 1 atom stereocenters. The molecule has 1 unspecified atom stereocenters. The summed E-state index contributed by atoms with van der Waals surface area (Å²) >= 11 is 1.19. The van der Waals surface area contributed by atoms with Gasteiger partial charge < -0.3 is 19.1 Å². The largest absolute Gasteiger partial charge is 0.466 e.